The number of nitrogens with one attached hydrogen (secondary N) is 1. The van der Waals surface area contributed by atoms with Crippen molar-refractivity contribution in [2.45, 2.75) is 19.4 Å². The first kappa shape index (κ1) is 13.0. The first-order chi connectivity index (χ1) is 8.10. The number of ether oxygens (including phenoxy) is 1. The quantitative estimate of drug-likeness (QED) is 0.787. The molecule has 1 heterocycles. The van der Waals surface area contributed by atoms with Crippen LogP contribution in [0.1, 0.15) is 23.7 Å². The number of methoxy groups -OCH3 is 1. The Morgan fingerprint density at radius 3 is 2.82 bits per heavy atom. The van der Waals surface area contributed by atoms with Gasteiger partial charge in [-0.3, -0.25) is 9.78 Å². The van der Waals surface area contributed by atoms with Gasteiger partial charge in [0.2, 0.25) is 0 Å². The zero-order valence-electron chi connectivity index (χ0n) is 9.64. The molecule has 0 bridgehead atoms. The molecule has 0 fully saturated rings. The van der Waals surface area contributed by atoms with E-state index < -0.39 is 17.9 Å². The van der Waals surface area contributed by atoms with Gasteiger partial charge in [0.25, 0.3) is 5.91 Å². The fraction of sp³-hybridized carbons (Fsp3) is 0.364. The van der Waals surface area contributed by atoms with Gasteiger partial charge in [0.1, 0.15) is 11.8 Å². The van der Waals surface area contributed by atoms with Gasteiger partial charge in [0.15, 0.2) is 0 Å². The Balaban J connectivity index is 2.86. The van der Waals surface area contributed by atoms with E-state index in [-0.39, 0.29) is 5.56 Å². The molecule has 0 spiro atoms. The highest BCUT2D eigenvalue weighted by Gasteiger charge is 2.20. The average molecular weight is 238 g/mol. The summed E-state index contributed by atoms with van der Waals surface area (Å²) in [5.41, 5.74) is 0.266. The fourth-order valence-corrected chi connectivity index (χ4v) is 1.30. The molecule has 0 radical (unpaired) electrons. The molecule has 0 aliphatic rings. The molecule has 92 valence electrons. The largest absolute Gasteiger partial charge is 0.494 e. The number of hydrogen-bond acceptors (Lipinski definition) is 4. The maximum Gasteiger partial charge on any atom is 0.326 e. The van der Waals surface area contributed by atoms with Crippen LogP contribution in [-0.4, -0.2) is 35.1 Å². The first-order valence-electron chi connectivity index (χ1n) is 5.11. The molecule has 6 heteroatoms. The lowest BCUT2D eigenvalue weighted by atomic mass is 10.2. The van der Waals surface area contributed by atoms with Gasteiger partial charge in [-0.2, -0.15) is 0 Å². The van der Waals surface area contributed by atoms with E-state index in [0.717, 1.165) is 0 Å². The molecule has 17 heavy (non-hydrogen) atoms. The van der Waals surface area contributed by atoms with Crippen LogP contribution in [-0.2, 0) is 4.79 Å². The fourth-order valence-electron chi connectivity index (χ4n) is 1.30. The molecule has 2 N–H and O–H groups in total. The monoisotopic (exact) mass is 238 g/mol. The minimum atomic E-state index is -1.06. The first-order valence-corrected chi connectivity index (χ1v) is 5.11. The zero-order valence-corrected chi connectivity index (χ0v) is 9.64. The van der Waals surface area contributed by atoms with Crippen LogP contribution in [0.15, 0.2) is 18.5 Å². The highest BCUT2D eigenvalue weighted by molar-refractivity contribution is 5.98. The highest BCUT2D eigenvalue weighted by atomic mass is 16.5. The van der Waals surface area contributed by atoms with Crippen molar-refractivity contribution in [1.29, 1.82) is 0 Å². The van der Waals surface area contributed by atoms with Crippen molar-refractivity contribution in [3.8, 4) is 5.75 Å². The average Bonchev–Trinajstić information content (AvgIpc) is 2.35. The molecule has 1 rings (SSSR count). The zero-order chi connectivity index (χ0) is 12.8. The number of hydrogen-bond donors (Lipinski definition) is 2. The third-order valence-corrected chi connectivity index (χ3v) is 2.26. The second kappa shape index (κ2) is 5.83. The molecule has 1 unspecified atom stereocenters. The maximum absolute atomic E-state index is 11.8. The Labute approximate surface area is 98.6 Å². The lowest BCUT2D eigenvalue weighted by Crippen LogP contribution is -2.40. The summed E-state index contributed by atoms with van der Waals surface area (Å²) in [4.78, 5) is 26.4. The molecule has 0 aliphatic carbocycles. The van der Waals surface area contributed by atoms with E-state index in [1.165, 1.54) is 25.6 Å². The number of carbonyl (C=O) groups is 2. The van der Waals surface area contributed by atoms with Crippen LogP contribution in [0.25, 0.3) is 0 Å². The van der Waals surface area contributed by atoms with Crippen LogP contribution in [0.4, 0.5) is 0 Å². The molecular formula is C11H14N2O4. The number of aromatic nitrogens is 1. The van der Waals surface area contributed by atoms with Gasteiger partial charge >= 0.3 is 5.97 Å². The number of carbonyl (C=O) groups excluding carboxylic acids is 1. The van der Waals surface area contributed by atoms with Crippen molar-refractivity contribution < 1.29 is 19.4 Å². The SMILES string of the molecule is CCC(NC(=O)c1ccncc1OC)C(=O)O. The summed E-state index contributed by atoms with van der Waals surface area (Å²) in [6.45, 7) is 1.68. The van der Waals surface area contributed by atoms with E-state index in [1.807, 2.05) is 0 Å². The van der Waals surface area contributed by atoms with Gasteiger partial charge in [-0.25, -0.2) is 4.79 Å². The van der Waals surface area contributed by atoms with Gasteiger partial charge in [0, 0.05) is 6.20 Å². The summed E-state index contributed by atoms with van der Waals surface area (Å²) < 4.78 is 4.97. The predicted molar refractivity (Wildman–Crippen MR) is 60.0 cm³/mol. The summed E-state index contributed by atoms with van der Waals surface area (Å²) in [7, 11) is 1.42. The van der Waals surface area contributed by atoms with Gasteiger partial charge in [-0.1, -0.05) is 6.92 Å². The summed E-state index contributed by atoms with van der Waals surface area (Å²) in [6.07, 6.45) is 3.16. The van der Waals surface area contributed by atoms with E-state index in [2.05, 4.69) is 10.3 Å². The van der Waals surface area contributed by atoms with E-state index in [4.69, 9.17) is 9.84 Å². The minimum Gasteiger partial charge on any atom is -0.494 e. The van der Waals surface area contributed by atoms with Crippen LogP contribution in [0.2, 0.25) is 0 Å². The number of pyridine rings is 1. The number of nitrogens with zero attached hydrogens (tertiary/aromatic N) is 1. The van der Waals surface area contributed by atoms with Crippen molar-refractivity contribution in [3.05, 3.63) is 24.0 Å². The molecule has 1 amide bonds. The molecular weight excluding hydrogens is 224 g/mol. The Bertz CT molecular complexity index is 420. The molecule has 1 atom stereocenters. The molecule has 1 aromatic heterocycles. The van der Waals surface area contributed by atoms with Gasteiger partial charge < -0.3 is 15.2 Å². The van der Waals surface area contributed by atoms with Gasteiger partial charge in [-0.05, 0) is 12.5 Å². The van der Waals surface area contributed by atoms with E-state index >= 15 is 0 Å². The topological polar surface area (TPSA) is 88.5 Å². The van der Waals surface area contributed by atoms with Crippen LogP contribution >= 0.6 is 0 Å². The van der Waals surface area contributed by atoms with Crippen LogP contribution in [0, 0.1) is 0 Å². The normalized spacial score (nSPS) is 11.6. The Hall–Kier alpha value is -2.11. The summed E-state index contributed by atoms with van der Waals surface area (Å²) in [5, 5.41) is 11.2. The van der Waals surface area contributed by atoms with Crippen LogP contribution in [0.5, 0.6) is 5.75 Å². The smallest absolute Gasteiger partial charge is 0.326 e. The molecule has 1 aromatic rings. The minimum absolute atomic E-state index is 0.266. The Morgan fingerprint density at radius 1 is 1.59 bits per heavy atom. The maximum atomic E-state index is 11.8. The molecule has 6 nitrogen and oxygen atoms in total. The van der Waals surface area contributed by atoms with Gasteiger partial charge in [-0.15, -0.1) is 0 Å². The molecule has 0 saturated heterocycles. The number of aliphatic carboxylic acids is 1. The summed E-state index contributed by atoms with van der Waals surface area (Å²) in [5.74, 6) is -1.24. The van der Waals surface area contributed by atoms with Gasteiger partial charge in [0.05, 0.1) is 18.9 Å². The summed E-state index contributed by atoms with van der Waals surface area (Å²) >= 11 is 0. The van der Waals surface area contributed by atoms with E-state index in [0.29, 0.717) is 12.2 Å². The molecule has 0 aromatic carbocycles. The third kappa shape index (κ3) is 3.17. The summed E-state index contributed by atoms with van der Waals surface area (Å²) in [6, 6.07) is 0.573. The van der Waals surface area contributed by atoms with E-state index in [9.17, 15) is 9.59 Å². The highest BCUT2D eigenvalue weighted by Crippen LogP contribution is 2.15. The molecule has 0 aliphatic heterocycles. The second-order valence-electron chi connectivity index (χ2n) is 3.35. The lowest BCUT2D eigenvalue weighted by Gasteiger charge is -2.13. The van der Waals surface area contributed by atoms with Crippen molar-refractivity contribution in [2.24, 2.45) is 0 Å². The number of rotatable bonds is 5. The van der Waals surface area contributed by atoms with Crippen LogP contribution in [0.3, 0.4) is 0 Å². The number of amides is 1. The molecule has 0 saturated carbocycles. The Kier molecular flexibility index (Phi) is 4.45. The number of carboxylic acids is 1. The number of carboxylic acid groups (broad SMARTS) is 1. The standard InChI is InChI=1S/C11H14N2O4/c1-3-8(11(15)16)13-10(14)7-4-5-12-6-9(7)17-2/h4-6,8H,3H2,1-2H3,(H,13,14)(H,15,16). The predicted octanol–water partition coefficient (Wildman–Crippen LogP) is 0.683. The van der Waals surface area contributed by atoms with Crippen molar-refractivity contribution in [2.75, 3.05) is 7.11 Å². The van der Waals surface area contributed by atoms with Crippen molar-refractivity contribution in [1.82, 2.24) is 10.3 Å². The Morgan fingerprint density at radius 2 is 2.29 bits per heavy atom. The van der Waals surface area contributed by atoms with E-state index in [1.54, 1.807) is 6.92 Å². The lowest BCUT2D eigenvalue weighted by molar-refractivity contribution is -0.139. The van der Waals surface area contributed by atoms with Crippen LogP contribution < -0.4 is 10.1 Å². The second-order valence-corrected chi connectivity index (χ2v) is 3.35. The van der Waals surface area contributed by atoms with Crippen molar-refractivity contribution in [3.63, 3.8) is 0 Å². The van der Waals surface area contributed by atoms with Crippen molar-refractivity contribution >= 4 is 11.9 Å². The third-order valence-electron chi connectivity index (χ3n) is 2.26.